The van der Waals surface area contributed by atoms with Gasteiger partial charge < -0.3 is 25.8 Å². The molecule has 0 spiro atoms. The normalized spacial score (nSPS) is 20.1. The number of rotatable bonds is 11. The average molecular weight is 735 g/mol. The second-order valence-electron chi connectivity index (χ2n) is 13.6. The molecule has 0 radical (unpaired) electrons. The fraction of sp³-hybridized carbons (Fsp3) is 0.351. The number of nitrogens with zero attached hydrogens (tertiary/aromatic N) is 4. The Bertz CT molecular complexity index is 2210. The van der Waals surface area contributed by atoms with Gasteiger partial charge >= 0.3 is 0 Å². The molecule has 266 valence electrons. The number of methoxy groups -OCH3 is 1. The lowest BCUT2D eigenvalue weighted by Crippen LogP contribution is -2.51. The van der Waals surface area contributed by atoms with Gasteiger partial charge in [-0.3, -0.25) is 14.2 Å². The average Bonchev–Trinajstić information content (AvgIpc) is 3.71. The molecule has 51 heavy (non-hydrogen) atoms. The van der Waals surface area contributed by atoms with Crippen molar-refractivity contribution >= 4 is 34.6 Å². The monoisotopic (exact) mass is 733 g/mol. The molecule has 1 amide bonds. The summed E-state index contributed by atoms with van der Waals surface area (Å²) in [5.74, 6) is 0.285. The van der Waals surface area contributed by atoms with E-state index in [-0.39, 0.29) is 40.1 Å². The lowest BCUT2D eigenvalue weighted by atomic mass is 9.77. The van der Waals surface area contributed by atoms with Crippen LogP contribution < -0.4 is 26.2 Å². The summed E-state index contributed by atoms with van der Waals surface area (Å²) in [5, 5.41) is 24.9. The molecule has 14 heteroatoms. The molecule has 1 saturated carbocycles. The number of fused-ring (bicyclic) bond motifs is 1. The maximum absolute atomic E-state index is 15.7. The van der Waals surface area contributed by atoms with E-state index >= 15 is 4.39 Å². The van der Waals surface area contributed by atoms with Crippen LogP contribution in [0.4, 0.5) is 4.39 Å². The van der Waals surface area contributed by atoms with Crippen LogP contribution in [0.15, 0.2) is 59.5 Å². The van der Waals surface area contributed by atoms with Crippen LogP contribution in [0.5, 0.6) is 5.88 Å². The Morgan fingerprint density at radius 1 is 1.06 bits per heavy atom. The van der Waals surface area contributed by atoms with Crippen molar-refractivity contribution in [1.29, 1.82) is 0 Å². The van der Waals surface area contributed by atoms with Gasteiger partial charge in [-0.15, -0.1) is 0 Å². The van der Waals surface area contributed by atoms with Crippen molar-refractivity contribution in [2.45, 2.75) is 63.4 Å². The second kappa shape index (κ2) is 14.0. The van der Waals surface area contributed by atoms with E-state index in [0.717, 1.165) is 6.42 Å². The molecule has 3 aromatic heterocycles. The zero-order valence-electron chi connectivity index (χ0n) is 28.4. The number of carbonyl (C=O) groups excluding carboxylic acids is 1. The van der Waals surface area contributed by atoms with E-state index in [0.29, 0.717) is 88.6 Å². The number of halogens is 3. The molecule has 5 aromatic rings. The second-order valence-corrected chi connectivity index (χ2v) is 14.3. The van der Waals surface area contributed by atoms with Crippen molar-refractivity contribution in [3.8, 4) is 39.4 Å². The van der Waals surface area contributed by atoms with Crippen LogP contribution in [0, 0.1) is 5.82 Å². The van der Waals surface area contributed by atoms with Crippen molar-refractivity contribution in [2.24, 2.45) is 7.05 Å². The van der Waals surface area contributed by atoms with Crippen LogP contribution >= 0.6 is 23.2 Å². The van der Waals surface area contributed by atoms with Gasteiger partial charge in [0.15, 0.2) is 0 Å². The van der Waals surface area contributed by atoms with Crippen LogP contribution in [0.1, 0.15) is 44.0 Å². The maximum atomic E-state index is 15.7. The minimum Gasteiger partial charge on any atom is -0.481 e. The zero-order chi connectivity index (χ0) is 36.0. The van der Waals surface area contributed by atoms with Crippen LogP contribution in [0.3, 0.4) is 0 Å². The lowest BCUT2D eigenvalue weighted by Gasteiger charge is -2.41. The van der Waals surface area contributed by atoms with Crippen molar-refractivity contribution < 1.29 is 19.0 Å². The number of hydrogen-bond acceptors (Lipinski definition) is 8. The molecule has 0 unspecified atom stereocenters. The summed E-state index contributed by atoms with van der Waals surface area (Å²) in [6.45, 7) is 3.04. The maximum Gasteiger partial charge on any atom is 0.277 e. The Morgan fingerprint density at radius 2 is 1.75 bits per heavy atom. The van der Waals surface area contributed by atoms with Gasteiger partial charge in [0.05, 0.1) is 29.3 Å². The summed E-state index contributed by atoms with van der Waals surface area (Å²) in [4.78, 5) is 29.4. The molecule has 2 fully saturated rings. The summed E-state index contributed by atoms with van der Waals surface area (Å²) in [5.41, 5.74) is 3.02. The van der Waals surface area contributed by atoms with Gasteiger partial charge in [-0.2, -0.15) is 5.10 Å². The highest BCUT2D eigenvalue weighted by Gasteiger charge is 2.38. The molecule has 1 atom stereocenters. The summed E-state index contributed by atoms with van der Waals surface area (Å²) in [6.07, 6.45) is 4.31. The van der Waals surface area contributed by atoms with E-state index in [1.807, 2.05) is 25.1 Å². The van der Waals surface area contributed by atoms with E-state index in [1.165, 1.54) is 17.7 Å². The first-order valence-corrected chi connectivity index (χ1v) is 17.5. The van der Waals surface area contributed by atoms with Gasteiger partial charge in [-0.05, 0) is 38.3 Å². The SMILES string of the molecule is COc1nc(-c2cccc(-c3cccc(-c4cc5c(=O)n(C)c(CN[C@H]6C[C@](C)(O)C6)nn5c4)c3Cl)c2Cl)c(F)cc1CNC[C@@H]1CCC(=O)N1. The molecule has 11 nitrogen and oxygen atoms in total. The van der Waals surface area contributed by atoms with E-state index in [2.05, 4.69) is 20.9 Å². The number of hydrogen-bond donors (Lipinski definition) is 4. The third kappa shape index (κ3) is 6.98. The molecule has 7 rings (SSSR count). The van der Waals surface area contributed by atoms with E-state index in [4.69, 9.17) is 33.0 Å². The van der Waals surface area contributed by atoms with Crippen molar-refractivity contribution in [3.05, 3.63) is 92.3 Å². The van der Waals surface area contributed by atoms with Crippen LogP contribution in [-0.4, -0.2) is 61.5 Å². The van der Waals surface area contributed by atoms with Gasteiger partial charge in [0.25, 0.3) is 5.56 Å². The quantitative estimate of drug-likeness (QED) is 0.145. The number of benzene rings is 2. The van der Waals surface area contributed by atoms with Gasteiger partial charge in [-0.1, -0.05) is 59.6 Å². The smallest absolute Gasteiger partial charge is 0.277 e. The molecule has 1 aliphatic carbocycles. The van der Waals surface area contributed by atoms with E-state index in [9.17, 15) is 14.7 Å². The number of carbonyl (C=O) groups is 1. The third-order valence-corrected chi connectivity index (χ3v) is 10.5. The van der Waals surface area contributed by atoms with E-state index < -0.39 is 11.4 Å². The predicted molar refractivity (Wildman–Crippen MR) is 194 cm³/mol. The fourth-order valence-electron chi connectivity index (χ4n) is 6.96. The minimum absolute atomic E-state index is 0.0333. The minimum atomic E-state index is -0.655. The molecule has 4 N–H and O–H groups in total. The van der Waals surface area contributed by atoms with Gasteiger partial charge in [0, 0.05) is 78.2 Å². The first kappa shape index (κ1) is 35.1. The standard InChI is InChI=1S/C37H38Cl2FN7O4/c1-37(50)14-23(15-37)42-18-30-45-47-19-21(13-29(47)36(49)46(30)2)24-6-4-7-25(32(24)38)26-8-5-9-27(33(26)39)34-28(40)12-20(35(44-34)51-3)16-41-17-22-10-11-31(48)43-22/h4-9,12-13,19,22-23,41-42,50H,10-11,14-18H2,1-3H3,(H,43,48)/t22-,23-,37-/m0/s1. The molecular weight excluding hydrogens is 696 g/mol. The number of nitrogens with one attached hydrogen (secondary N) is 3. The van der Waals surface area contributed by atoms with Gasteiger partial charge in [0.1, 0.15) is 22.9 Å². The van der Waals surface area contributed by atoms with Crippen LogP contribution in [0.25, 0.3) is 39.0 Å². The number of amides is 1. The largest absolute Gasteiger partial charge is 0.481 e. The number of pyridine rings is 1. The summed E-state index contributed by atoms with van der Waals surface area (Å²) in [7, 11) is 3.17. The number of aromatic nitrogens is 4. The third-order valence-electron chi connectivity index (χ3n) is 9.71. The molecule has 2 aromatic carbocycles. The van der Waals surface area contributed by atoms with Gasteiger partial charge in [0.2, 0.25) is 11.8 Å². The summed E-state index contributed by atoms with van der Waals surface area (Å²) >= 11 is 14.1. The highest BCUT2D eigenvalue weighted by atomic mass is 35.5. The first-order chi connectivity index (χ1) is 24.4. The Kier molecular flexibility index (Phi) is 9.63. The summed E-state index contributed by atoms with van der Waals surface area (Å²) in [6, 6.07) is 14.1. The Hall–Kier alpha value is -4.33. The fourth-order valence-corrected chi connectivity index (χ4v) is 7.61. The molecule has 1 aliphatic heterocycles. The molecule has 1 saturated heterocycles. The van der Waals surface area contributed by atoms with E-state index in [1.54, 1.807) is 42.0 Å². The van der Waals surface area contributed by atoms with Gasteiger partial charge in [-0.25, -0.2) is 13.9 Å². The van der Waals surface area contributed by atoms with Crippen molar-refractivity contribution in [2.75, 3.05) is 13.7 Å². The van der Waals surface area contributed by atoms with Crippen LogP contribution in [0.2, 0.25) is 10.0 Å². The highest BCUT2D eigenvalue weighted by molar-refractivity contribution is 6.39. The summed E-state index contributed by atoms with van der Waals surface area (Å²) < 4.78 is 24.3. The molecule has 2 aliphatic rings. The number of ether oxygens (including phenoxy) is 1. The van der Waals surface area contributed by atoms with Crippen molar-refractivity contribution in [3.63, 3.8) is 0 Å². The van der Waals surface area contributed by atoms with Crippen molar-refractivity contribution in [1.82, 2.24) is 35.1 Å². The first-order valence-electron chi connectivity index (χ1n) is 16.8. The molecule has 4 heterocycles. The highest BCUT2D eigenvalue weighted by Crippen LogP contribution is 2.43. The molecular formula is C37H38Cl2FN7O4. The zero-order valence-corrected chi connectivity index (χ0v) is 29.9. The Morgan fingerprint density at radius 3 is 2.41 bits per heavy atom. The number of aliphatic hydroxyl groups is 1. The Labute approximate surface area is 303 Å². The lowest BCUT2D eigenvalue weighted by molar-refractivity contribution is -0.119. The topological polar surface area (TPSA) is 135 Å². The van der Waals surface area contributed by atoms with Crippen LogP contribution in [-0.2, 0) is 24.9 Å². The predicted octanol–water partition coefficient (Wildman–Crippen LogP) is 5.25. The molecule has 0 bridgehead atoms. The Balaban J connectivity index is 1.16.